The molecular weight excluding hydrogens is 300 g/mol. The summed E-state index contributed by atoms with van der Waals surface area (Å²) in [7, 11) is 1.86. The zero-order valence-electron chi connectivity index (χ0n) is 11.0. The number of hydrogen-bond acceptors (Lipinski definition) is 4. The minimum Gasteiger partial charge on any atom is -0.340 e. The Kier molecular flexibility index (Phi) is 6.01. The van der Waals surface area contributed by atoms with Gasteiger partial charge in [-0.05, 0) is 38.1 Å². The van der Waals surface area contributed by atoms with Gasteiger partial charge in [-0.1, -0.05) is 11.6 Å². The number of rotatable bonds is 5. The lowest BCUT2D eigenvalue weighted by Gasteiger charge is -2.23. The van der Waals surface area contributed by atoms with Crippen molar-refractivity contribution in [2.75, 3.05) is 25.9 Å². The Hall–Kier alpha value is -0.230. The van der Waals surface area contributed by atoms with Gasteiger partial charge in [-0.25, -0.2) is 0 Å². The molecule has 0 atom stereocenters. The van der Waals surface area contributed by atoms with Crippen LogP contribution in [0.15, 0.2) is 12.1 Å². The van der Waals surface area contributed by atoms with E-state index >= 15 is 0 Å². The highest BCUT2D eigenvalue weighted by molar-refractivity contribution is 8.00. The Bertz CT molecular complexity index is 419. The van der Waals surface area contributed by atoms with Crippen molar-refractivity contribution in [1.29, 1.82) is 0 Å². The van der Waals surface area contributed by atoms with Crippen molar-refractivity contribution in [1.82, 2.24) is 10.2 Å². The predicted molar refractivity (Wildman–Crippen MR) is 84.2 cm³/mol. The topological polar surface area (TPSA) is 32.3 Å². The fourth-order valence-electron chi connectivity index (χ4n) is 2.02. The lowest BCUT2D eigenvalue weighted by molar-refractivity contribution is -0.127. The Balaban J connectivity index is 1.72. The van der Waals surface area contributed by atoms with Crippen molar-refractivity contribution < 1.29 is 4.79 Å². The van der Waals surface area contributed by atoms with E-state index in [0.717, 1.165) is 22.3 Å². The largest absolute Gasteiger partial charge is 0.340 e. The molecule has 106 valence electrons. The highest BCUT2D eigenvalue weighted by atomic mass is 35.5. The average molecular weight is 319 g/mol. The van der Waals surface area contributed by atoms with E-state index in [4.69, 9.17) is 11.6 Å². The molecule has 0 unspecified atom stereocenters. The molecule has 1 N–H and O–H groups in total. The summed E-state index contributed by atoms with van der Waals surface area (Å²) < 4.78 is 0.778. The van der Waals surface area contributed by atoms with Crippen LogP contribution in [-0.2, 0) is 11.3 Å². The molecule has 0 spiro atoms. The van der Waals surface area contributed by atoms with E-state index in [0.29, 0.717) is 17.5 Å². The summed E-state index contributed by atoms with van der Waals surface area (Å²) in [6.07, 6.45) is 2.34. The van der Waals surface area contributed by atoms with Gasteiger partial charge in [0.15, 0.2) is 0 Å². The summed E-state index contributed by atoms with van der Waals surface area (Å²) in [6.45, 7) is 2.81. The van der Waals surface area contributed by atoms with Crippen molar-refractivity contribution in [2.24, 2.45) is 0 Å². The SMILES string of the molecule is CN(Cc1ccc(Cl)s1)C(=O)CSC1CCNCC1. The fraction of sp³-hybridized carbons (Fsp3) is 0.615. The standard InChI is InChI=1S/C13H19ClN2OS2/c1-16(8-11-2-3-12(14)19-11)13(17)9-18-10-4-6-15-7-5-10/h2-3,10,15H,4-9H2,1H3. The number of piperidine rings is 1. The van der Waals surface area contributed by atoms with Crippen LogP contribution in [0.1, 0.15) is 17.7 Å². The summed E-state index contributed by atoms with van der Waals surface area (Å²) >= 11 is 9.22. The second-order valence-corrected chi connectivity index (χ2v) is 7.80. The van der Waals surface area contributed by atoms with Crippen LogP contribution in [0, 0.1) is 0 Å². The number of carbonyl (C=O) groups excluding carboxylic acids is 1. The van der Waals surface area contributed by atoms with Gasteiger partial charge in [0.05, 0.1) is 16.6 Å². The minimum absolute atomic E-state index is 0.202. The van der Waals surface area contributed by atoms with Crippen LogP contribution in [-0.4, -0.2) is 41.9 Å². The highest BCUT2D eigenvalue weighted by Crippen LogP contribution is 2.23. The summed E-state index contributed by atoms with van der Waals surface area (Å²) in [4.78, 5) is 15.0. The molecule has 6 heteroatoms. The molecule has 1 amide bonds. The Morgan fingerprint density at radius 1 is 1.53 bits per heavy atom. The summed E-state index contributed by atoms with van der Waals surface area (Å²) in [5, 5.41) is 3.97. The van der Waals surface area contributed by atoms with E-state index in [-0.39, 0.29) is 5.91 Å². The first-order valence-corrected chi connectivity index (χ1v) is 8.70. The monoisotopic (exact) mass is 318 g/mol. The highest BCUT2D eigenvalue weighted by Gasteiger charge is 2.17. The number of amides is 1. The van der Waals surface area contributed by atoms with E-state index in [1.165, 1.54) is 24.2 Å². The van der Waals surface area contributed by atoms with Gasteiger partial charge in [-0.15, -0.1) is 23.1 Å². The van der Waals surface area contributed by atoms with Crippen LogP contribution < -0.4 is 5.32 Å². The Labute approximate surface area is 127 Å². The van der Waals surface area contributed by atoms with Crippen LogP contribution in [0.2, 0.25) is 4.34 Å². The summed E-state index contributed by atoms with van der Waals surface area (Å²) in [5.41, 5.74) is 0. The van der Waals surface area contributed by atoms with Gasteiger partial charge in [-0.3, -0.25) is 4.79 Å². The first kappa shape index (κ1) is 15.2. The minimum atomic E-state index is 0.202. The Morgan fingerprint density at radius 2 is 2.26 bits per heavy atom. The molecule has 1 aliphatic heterocycles. The van der Waals surface area contributed by atoms with Gasteiger partial charge >= 0.3 is 0 Å². The molecule has 0 radical (unpaired) electrons. The van der Waals surface area contributed by atoms with Gasteiger partial charge in [0.25, 0.3) is 0 Å². The molecular formula is C13H19ClN2OS2. The second kappa shape index (κ2) is 7.53. The lowest BCUT2D eigenvalue weighted by Crippen LogP contribution is -2.32. The zero-order chi connectivity index (χ0) is 13.7. The van der Waals surface area contributed by atoms with Crippen LogP contribution in [0.25, 0.3) is 0 Å². The second-order valence-electron chi connectivity index (χ2n) is 4.72. The van der Waals surface area contributed by atoms with Crippen molar-refractivity contribution in [3.05, 3.63) is 21.3 Å². The number of halogens is 1. The first-order valence-electron chi connectivity index (χ1n) is 6.45. The van der Waals surface area contributed by atoms with Gasteiger partial charge < -0.3 is 10.2 Å². The third kappa shape index (κ3) is 4.99. The van der Waals surface area contributed by atoms with Crippen LogP contribution in [0.4, 0.5) is 0 Å². The van der Waals surface area contributed by atoms with E-state index in [1.54, 1.807) is 16.7 Å². The third-order valence-electron chi connectivity index (χ3n) is 3.18. The van der Waals surface area contributed by atoms with Gasteiger partial charge in [0.2, 0.25) is 5.91 Å². The molecule has 19 heavy (non-hydrogen) atoms. The predicted octanol–water partition coefficient (Wildman–Crippen LogP) is 2.85. The normalized spacial score (nSPS) is 16.5. The van der Waals surface area contributed by atoms with Crippen LogP contribution >= 0.6 is 34.7 Å². The maximum Gasteiger partial charge on any atom is 0.232 e. The Morgan fingerprint density at radius 3 is 2.89 bits per heavy atom. The van der Waals surface area contributed by atoms with Crippen molar-refractivity contribution >= 4 is 40.6 Å². The smallest absolute Gasteiger partial charge is 0.232 e. The third-order valence-corrected chi connectivity index (χ3v) is 5.75. The number of hydrogen-bond donors (Lipinski definition) is 1. The molecule has 3 nitrogen and oxygen atoms in total. The number of thiophene rings is 1. The first-order chi connectivity index (χ1) is 9.15. The maximum absolute atomic E-state index is 12.1. The molecule has 0 aromatic carbocycles. The van der Waals surface area contributed by atoms with Crippen LogP contribution in [0.5, 0.6) is 0 Å². The molecule has 2 rings (SSSR count). The molecule has 0 bridgehead atoms. The number of carbonyl (C=O) groups is 1. The summed E-state index contributed by atoms with van der Waals surface area (Å²) in [5.74, 6) is 0.786. The van der Waals surface area contributed by atoms with E-state index in [9.17, 15) is 4.79 Å². The van der Waals surface area contributed by atoms with Crippen molar-refractivity contribution in [3.8, 4) is 0 Å². The van der Waals surface area contributed by atoms with E-state index < -0.39 is 0 Å². The molecule has 1 fully saturated rings. The number of thioether (sulfide) groups is 1. The summed E-state index contributed by atoms with van der Waals surface area (Å²) in [6, 6.07) is 3.86. The molecule has 0 aliphatic carbocycles. The van der Waals surface area contributed by atoms with Crippen molar-refractivity contribution in [2.45, 2.75) is 24.6 Å². The maximum atomic E-state index is 12.1. The van der Waals surface area contributed by atoms with E-state index in [2.05, 4.69) is 5.32 Å². The van der Waals surface area contributed by atoms with Crippen LogP contribution in [0.3, 0.4) is 0 Å². The van der Waals surface area contributed by atoms with Crippen molar-refractivity contribution in [3.63, 3.8) is 0 Å². The zero-order valence-corrected chi connectivity index (χ0v) is 13.4. The van der Waals surface area contributed by atoms with Gasteiger partial charge in [-0.2, -0.15) is 0 Å². The number of nitrogens with one attached hydrogen (secondary N) is 1. The van der Waals surface area contributed by atoms with Gasteiger partial charge in [0, 0.05) is 17.2 Å². The molecule has 1 saturated heterocycles. The van der Waals surface area contributed by atoms with Gasteiger partial charge in [0.1, 0.15) is 0 Å². The average Bonchev–Trinajstić information content (AvgIpc) is 2.82. The fourth-order valence-corrected chi connectivity index (χ4v) is 4.33. The molecule has 1 aliphatic rings. The quantitative estimate of drug-likeness (QED) is 0.906. The molecule has 0 saturated carbocycles. The lowest BCUT2D eigenvalue weighted by atomic mass is 10.2. The molecule has 1 aromatic heterocycles. The molecule has 2 heterocycles. The molecule has 1 aromatic rings. The number of nitrogens with zero attached hydrogens (tertiary/aromatic N) is 1. The van der Waals surface area contributed by atoms with E-state index in [1.807, 2.05) is 19.2 Å².